The Hall–Kier alpha value is -1.82. The fraction of sp³-hybridized carbons (Fsp3) is 0.467. The van der Waals surface area contributed by atoms with E-state index in [1.54, 1.807) is 0 Å². The topological polar surface area (TPSA) is 52.6 Å². The minimum absolute atomic E-state index is 0.100. The third kappa shape index (κ3) is 6.33. The molecule has 0 aliphatic heterocycles. The van der Waals surface area contributed by atoms with E-state index in [0.717, 1.165) is 0 Å². The molecule has 1 aromatic carbocycles. The second kappa shape index (κ2) is 9.33. The van der Waals surface area contributed by atoms with Crippen molar-refractivity contribution in [3.05, 3.63) is 28.2 Å². The molecule has 0 spiro atoms. The highest BCUT2D eigenvalue weighted by Crippen LogP contribution is 2.48. The molecule has 0 bridgehead atoms. The molecule has 4 nitrogen and oxygen atoms in total. The molecule has 164 valence electrons. The number of carbonyl (C=O) groups excluding carboxylic acids is 2. The largest absolute Gasteiger partial charge is 0.459 e. The number of hydrogen-bond donors (Lipinski definition) is 0. The second-order valence-electron chi connectivity index (χ2n) is 5.44. The lowest BCUT2D eigenvalue weighted by atomic mass is 10.1. The lowest BCUT2D eigenvalue weighted by Gasteiger charge is -2.31. The van der Waals surface area contributed by atoms with E-state index in [4.69, 9.17) is 27.9 Å². The van der Waals surface area contributed by atoms with Crippen LogP contribution in [0.25, 0.3) is 0 Å². The van der Waals surface area contributed by atoms with E-state index in [2.05, 4.69) is 4.74 Å². The summed E-state index contributed by atoms with van der Waals surface area (Å²) in [6.07, 6.45) is -6.83. The van der Waals surface area contributed by atoms with E-state index >= 15 is 0 Å². The van der Waals surface area contributed by atoms with Crippen LogP contribution >= 0.6 is 23.2 Å². The minimum Gasteiger partial charge on any atom is -0.459 e. The van der Waals surface area contributed by atoms with Crippen molar-refractivity contribution in [2.75, 3.05) is 6.61 Å². The van der Waals surface area contributed by atoms with Gasteiger partial charge in [-0.15, -0.1) is 0 Å². The van der Waals surface area contributed by atoms with E-state index in [1.165, 1.54) is 18.2 Å². The first-order valence-electron chi connectivity index (χ1n) is 7.34. The average molecular weight is 477 g/mol. The van der Waals surface area contributed by atoms with Crippen molar-refractivity contribution in [1.29, 1.82) is 0 Å². The first-order chi connectivity index (χ1) is 13.1. The standard InChI is InChI=1S/C15H10Cl2F8O4/c16-7-3-8(17)5-9(4-7)29-11(27)2-1-10(26)28-6-13(20,21)15(24,25)14(22,23)12(18)19/h3-5,12H,1-2,6H2. The summed E-state index contributed by atoms with van der Waals surface area (Å²) in [5.41, 5.74) is 0. The van der Waals surface area contributed by atoms with Gasteiger partial charge in [0.25, 0.3) is 0 Å². The van der Waals surface area contributed by atoms with Gasteiger partial charge in [-0.3, -0.25) is 9.59 Å². The molecule has 0 saturated carbocycles. The minimum atomic E-state index is -6.50. The van der Waals surface area contributed by atoms with Gasteiger partial charge in [-0.1, -0.05) is 23.2 Å². The summed E-state index contributed by atoms with van der Waals surface area (Å²) in [5.74, 6) is -21.6. The van der Waals surface area contributed by atoms with Crippen LogP contribution in [0.4, 0.5) is 35.1 Å². The highest BCUT2D eigenvalue weighted by atomic mass is 35.5. The lowest BCUT2D eigenvalue weighted by Crippen LogP contribution is -2.59. The van der Waals surface area contributed by atoms with Gasteiger partial charge in [-0.2, -0.15) is 26.3 Å². The Balaban J connectivity index is 2.59. The Morgan fingerprint density at radius 1 is 0.897 bits per heavy atom. The van der Waals surface area contributed by atoms with Gasteiger partial charge < -0.3 is 9.47 Å². The smallest absolute Gasteiger partial charge is 0.381 e. The van der Waals surface area contributed by atoms with Crippen LogP contribution in [0.5, 0.6) is 5.75 Å². The van der Waals surface area contributed by atoms with Crippen molar-refractivity contribution >= 4 is 35.1 Å². The van der Waals surface area contributed by atoms with Gasteiger partial charge in [0, 0.05) is 10.0 Å². The number of hydrogen-bond acceptors (Lipinski definition) is 4. The molecule has 0 aliphatic rings. The van der Waals surface area contributed by atoms with E-state index in [9.17, 15) is 44.7 Å². The average Bonchev–Trinajstić information content (AvgIpc) is 2.56. The number of rotatable bonds is 9. The Morgan fingerprint density at radius 3 is 1.86 bits per heavy atom. The molecule has 0 heterocycles. The highest BCUT2D eigenvalue weighted by molar-refractivity contribution is 6.34. The zero-order valence-electron chi connectivity index (χ0n) is 13.8. The number of alkyl halides is 8. The number of ether oxygens (including phenoxy) is 2. The lowest BCUT2D eigenvalue weighted by molar-refractivity contribution is -0.344. The third-order valence-electron chi connectivity index (χ3n) is 3.17. The quantitative estimate of drug-likeness (QED) is 0.272. The molecule has 0 amide bonds. The van der Waals surface area contributed by atoms with Crippen molar-refractivity contribution in [3.8, 4) is 5.75 Å². The summed E-state index contributed by atoms with van der Waals surface area (Å²) in [6, 6.07) is 3.66. The van der Waals surface area contributed by atoms with Crippen LogP contribution in [0.3, 0.4) is 0 Å². The van der Waals surface area contributed by atoms with E-state index in [1.807, 2.05) is 0 Å². The van der Waals surface area contributed by atoms with E-state index in [-0.39, 0.29) is 15.8 Å². The van der Waals surface area contributed by atoms with Gasteiger partial charge in [0.2, 0.25) is 0 Å². The fourth-order valence-corrected chi connectivity index (χ4v) is 2.19. The number of halogens is 10. The van der Waals surface area contributed by atoms with Crippen LogP contribution in [0.1, 0.15) is 12.8 Å². The second-order valence-corrected chi connectivity index (χ2v) is 6.32. The van der Waals surface area contributed by atoms with Crippen LogP contribution in [-0.4, -0.2) is 42.7 Å². The molecule has 0 N–H and O–H groups in total. The molecular formula is C15H10Cl2F8O4. The molecule has 14 heteroatoms. The Morgan fingerprint density at radius 2 is 1.38 bits per heavy atom. The predicted molar refractivity (Wildman–Crippen MR) is 83.1 cm³/mol. The highest BCUT2D eigenvalue weighted by Gasteiger charge is 2.75. The maximum atomic E-state index is 13.2. The summed E-state index contributed by atoms with van der Waals surface area (Å²) < 4.78 is 110. The van der Waals surface area contributed by atoms with Gasteiger partial charge in [0.1, 0.15) is 5.75 Å². The summed E-state index contributed by atoms with van der Waals surface area (Å²) in [5, 5.41) is 0.201. The van der Waals surface area contributed by atoms with Crippen LogP contribution in [0, 0.1) is 0 Å². The summed E-state index contributed by atoms with van der Waals surface area (Å²) in [7, 11) is 0. The predicted octanol–water partition coefficient (Wildman–Crippen LogP) is 5.39. The van der Waals surface area contributed by atoms with E-state index < -0.39 is 55.6 Å². The zero-order valence-corrected chi connectivity index (χ0v) is 15.4. The van der Waals surface area contributed by atoms with Gasteiger partial charge in [-0.05, 0) is 18.2 Å². The monoisotopic (exact) mass is 476 g/mol. The Bertz CT molecular complexity index is 738. The van der Waals surface area contributed by atoms with Crippen molar-refractivity contribution in [2.45, 2.75) is 37.0 Å². The molecule has 0 fully saturated rings. The Labute approximate surface area is 167 Å². The molecular weight excluding hydrogens is 467 g/mol. The Kier molecular flexibility index (Phi) is 8.11. The summed E-state index contributed by atoms with van der Waals surface area (Å²) in [4.78, 5) is 22.8. The molecule has 1 aromatic rings. The molecule has 0 saturated heterocycles. The molecule has 0 aliphatic carbocycles. The zero-order chi connectivity index (χ0) is 22.6. The summed E-state index contributed by atoms with van der Waals surface area (Å²) >= 11 is 11.3. The molecule has 0 unspecified atom stereocenters. The fourth-order valence-electron chi connectivity index (χ4n) is 1.69. The number of esters is 2. The van der Waals surface area contributed by atoms with Crippen molar-refractivity contribution < 1.29 is 54.2 Å². The maximum Gasteiger partial charge on any atom is 0.381 e. The van der Waals surface area contributed by atoms with Gasteiger partial charge in [-0.25, -0.2) is 8.78 Å². The third-order valence-corrected chi connectivity index (χ3v) is 3.60. The molecule has 0 atom stereocenters. The van der Waals surface area contributed by atoms with Crippen molar-refractivity contribution in [2.24, 2.45) is 0 Å². The van der Waals surface area contributed by atoms with Crippen LogP contribution in [-0.2, 0) is 14.3 Å². The number of carbonyl (C=O) groups is 2. The summed E-state index contributed by atoms with van der Waals surface area (Å²) in [6.45, 7) is -2.61. The van der Waals surface area contributed by atoms with Crippen LogP contribution in [0.2, 0.25) is 10.0 Å². The van der Waals surface area contributed by atoms with Crippen molar-refractivity contribution in [1.82, 2.24) is 0 Å². The maximum absolute atomic E-state index is 13.2. The molecule has 0 aromatic heterocycles. The number of benzene rings is 1. The first-order valence-corrected chi connectivity index (χ1v) is 8.09. The SMILES string of the molecule is O=C(CCC(=O)Oc1cc(Cl)cc(Cl)c1)OCC(F)(F)C(F)(F)C(F)(F)C(F)F. The van der Waals surface area contributed by atoms with Crippen LogP contribution in [0.15, 0.2) is 18.2 Å². The van der Waals surface area contributed by atoms with Gasteiger partial charge in [0.05, 0.1) is 12.8 Å². The van der Waals surface area contributed by atoms with Crippen molar-refractivity contribution in [3.63, 3.8) is 0 Å². The van der Waals surface area contributed by atoms with Crippen LogP contribution < -0.4 is 4.74 Å². The first kappa shape index (κ1) is 25.2. The normalized spacial score (nSPS) is 12.8. The van der Waals surface area contributed by atoms with E-state index in [0.29, 0.717) is 0 Å². The van der Waals surface area contributed by atoms with Gasteiger partial charge >= 0.3 is 36.1 Å². The van der Waals surface area contributed by atoms with Gasteiger partial charge in [0.15, 0.2) is 6.61 Å². The molecule has 29 heavy (non-hydrogen) atoms. The molecule has 0 radical (unpaired) electrons. The molecule has 1 rings (SSSR count).